The van der Waals surface area contributed by atoms with Crippen molar-refractivity contribution in [2.24, 2.45) is 0 Å². The summed E-state index contributed by atoms with van der Waals surface area (Å²) in [6.07, 6.45) is 0. The first-order valence-electron chi connectivity index (χ1n) is 4.96. The Kier molecular flexibility index (Phi) is 5.22. The van der Waals surface area contributed by atoms with Gasteiger partial charge in [0.2, 0.25) is 0 Å². The maximum Gasteiger partial charge on any atom is 0.103 e. The molecule has 3 N–H and O–H groups in total. The predicted molar refractivity (Wildman–Crippen MR) is 55.0 cm³/mol. The summed E-state index contributed by atoms with van der Waals surface area (Å²) in [5, 5.41) is 17.7. The van der Waals surface area contributed by atoms with Gasteiger partial charge in [0.05, 0.1) is 13.2 Å². The molecule has 0 heterocycles. The molecule has 3 nitrogen and oxygen atoms in total. The van der Waals surface area contributed by atoms with E-state index in [-0.39, 0.29) is 13.2 Å². The van der Waals surface area contributed by atoms with Gasteiger partial charge in [-0.15, -0.1) is 0 Å². The first-order valence-corrected chi connectivity index (χ1v) is 4.96. The van der Waals surface area contributed by atoms with Crippen molar-refractivity contribution in [1.29, 1.82) is 0 Å². The summed E-state index contributed by atoms with van der Waals surface area (Å²) < 4.78 is 0. The Morgan fingerprint density at radius 1 is 0.929 bits per heavy atom. The van der Waals surface area contributed by atoms with Crippen LogP contribution in [0.1, 0.15) is 5.56 Å². The largest absolute Gasteiger partial charge is 0.391 e. The van der Waals surface area contributed by atoms with Crippen molar-refractivity contribution in [3.8, 4) is 0 Å². The number of aliphatic hydroxyl groups excluding tert-OH is 2. The number of nitrogens with one attached hydrogen (secondary N) is 1. The Balaban J connectivity index is 2.46. The number of hydrogen-bond acceptors (Lipinski definition) is 2. The summed E-state index contributed by atoms with van der Waals surface area (Å²) in [6.45, 7) is 2.58. The topological polar surface area (TPSA) is 44.9 Å². The van der Waals surface area contributed by atoms with Crippen molar-refractivity contribution in [2.75, 3.05) is 26.3 Å². The molecule has 0 spiro atoms. The first kappa shape index (κ1) is 11.2. The van der Waals surface area contributed by atoms with Gasteiger partial charge in [-0.1, -0.05) is 30.3 Å². The number of hydrogen-bond donors (Lipinski definition) is 3. The summed E-state index contributed by atoms with van der Waals surface area (Å²) in [6, 6.07) is 10.1. The lowest BCUT2D eigenvalue weighted by Crippen LogP contribution is -3.11. The maximum atomic E-state index is 8.84. The van der Waals surface area contributed by atoms with Crippen LogP contribution in [-0.4, -0.2) is 36.5 Å². The lowest BCUT2D eigenvalue weighted by Gasteiger charge is -2.17. The summed E-state index contributed by atoms with van der Waals surface area (Å²) in [5.41, 5.74) is 1.24. The van der Waals surface area contributed by atoms with E-state index in [1.807, 2.05) is 18.2 Å². The lowest BCUT2D eigenvalue weighted by atomic mass is 10.2. The van der Waals surface area contributed by atoms with Crippen LogP contribution in [0.3, 0.4) is 0 Å². The van der Waals surface area contributed by atoms with E-state index in [9.17, 15) is 0 Å². The van der Waals surface area contributed by atoms with Gasteiger partial charge in [0, 0.05) is 5.56 Å². The minimum atomic E-state index is 0.169. The van der Waals surface area contributed by atoms with Crippen molar-refractivity contribution in [3.63, 3.8) is 0 Å². The van der Waals surface area contributed by atoms with Gasteiger partial charge >= 0.3 is 0 Å². The molecule has 0 bridgehead atoms. The highest BCUT2D eigenvalue weighted by molar-refractivity contribution is 5.13. The molecule has 1 rings (SSSR count). The van der Waals surface area contributed by atoms with Gasteiger partial charge in [-0.05, 0) is 0 Å². The molecule has 0 aliphatic heterocycles. The van der Waals surface area contributed by atoms with Crippen LogP contribution < -0.4 is 4.90 Å². The quantitative estimate of drug-likeness (QED) is 0.549. The normalized spacial score (nSPS) is 10.8. The number of aliphatic hydroxyl groups is 2. The Labute approximate surface area is 84.6 Å². The molecule has 0 saturated carbocycles. The lowest BCUT2D eigenvalue weighted by molar-refractivity contribution is -0.914. The fourth-order valence-electron chi connectivity index (χ4n) is 1.50. The van der Waals surface area contributed by atoms with Crippen LogP contribution in [0.5, 0.6) is 0 Å². The molecular weight excluding hydrogens is 178 g/mol. The molecule has 3 heteroatoms. The number of quaternary nitrogens is 1. The summed E-state index contributed by atoms with van der Waals surface area (Å²) in [7, 11) is 0. The van der Waals surface area contributed by atoms with Crippen LogP contribution in [0.15, 0.2) is 30.3 Å². The Morgan fingerprint density at radius 3 is 2.00 bits per heavy atom. The molecule has 0 aliphatic rings. The van der Waals surface area contributed by atoms with Crippen molar-refractivity contribution < 1.29 is 15.1 Å². The van der Waals surface area contributed by atoms with Crippen molar-refractivity contribution in [3.05, 3.63) is 35.9 Å². The molecule has 14 heavy (non-hydrogen) atoms. The van der Waals surface area contributed by atoms with Crippen LogP contribution in [0.4, 0.5) is 0 Å². The fraction of sp³-hybridized carbons (Fsp3) is 0.455. The molecule has 0 aromatic heterocycles. The molecule has 0 atom stereocenters. The summed E-state index contributed by atoms with van der Waals surface area (Å²) in [4.78, 5) is 1.21. The predicted octanol–water partition coefficient (Wildman–Crippen LogP) is -0.944. The third kappa shape index (κ3) is 3.87. The zero-order valence-corrected chi connectivity index (χ0v) is 8.32. The average molecular weight is 196 g/mol. The van der Waals surface area contributed by atoms with Crippen molar-refractivity contribution >= 4 is 0 Å². The molecule has 0 saturated heterocycles. The number of rotatable bonds is 6. The molecule has 1 aromatic rings. The highest BCUT2D eigenvalue weighted by atomic mass is 16.3. The number of benzene rings is 1. The Bertz CT molecular complexity index is 232. The first-order chi connectivity index (χ1) is 6.86. The van der Waals surface area contributed by atoms with E-state index < -0.39 is 0 Å². The SMILES string of the molecule is OCC[NH+](CCO)Cc1ccccc1. The van der Waals surface area contributed by atoms with Gasteiger partial charge in [0.15, 0.2) is 0 Å². The molecule has 1 aromatic carbocycles. The molecule has 78 valence electrons. The Hall–Kier alpha value is -0.900. The van der Waals surface area contributed by atoms with E-state index in [1.54, 1.807) is 0 Å². The highest BCUT2D eigenvalue weighted by Gasteiger charge is 2.07. The van der Waals surface area contributed by atoms with Crippen LogP contribution in [0.2, 0.25) is 0 Å². The highest BCUT2D eigenvalue weighted by Crippen LogP contribution is 1.94. The van der Waals surface area contributed by atoms with Crippen LogP contribution in [0, 0.1) is 0 Å². The van der Waals surface area contributed by atoms with Gasteiger partial charge < -0.3 is 15.1 Å². The van der Waals surface area contributed by atoms with E-state index >= 15 is 0 Å². The van der Waals surface area contributed by atoms with Crippen LogP contribution in [-0.2, 0) is 6.54 Å². The monoisotopic (exact) mass is 196 g/mol. The van der Waals surface area contributed by atoms with Crippen molar-refractivity contribution in [2.45, 2.75) is 6.54 Å². The third-order valence-electron chi connectivity index (χ3n) is 2.23. The second kappa shape index (κ2) is 6.54. The van der Waals surface area contributed by atoms with Gasteiger partial charge in [-0.3, -0.25) is 0 Å². The van der Waals surface area contributed by atoms with Crippen LogP contribution in [0.25, 0.3) is 0 Å². The molecule has 0 amide bonds. The minimum absolute atomic E-state index is 0.169. The second-order valence-corrected chi connectivity index (χ2v) is 3.36. The summed E-state index contributed by atoms with van der Waals surface area (Å²) >= 11 is 0. The van der Waals surface area contributed by atoms with E-state index in [0.717, 1.165) is 6.54 Å². The summed E-state index contributed by atoms with van der Waals surface area (Å²) in [5.74, 6) is 0. The fourth-order valence-corrected chi connectivity index (χ4v) is 1.50. The molecule has 0 fully saturated rings. The van der Waals surface area contributed by atoms with Crippen LogP contribution >= 0.6 is 0 Å². The zero-order chi connectivity index (χ0) is 10.2. The van der Waals surface area contributed by atoms with Gasteiger partial charge in [0.1, 0.15) is 19.6 Å². The molecule has 0 unspecified atom stereocenters. The van der Waals surface area contributed by atoms with E-state index in [0.29, 0.717) is 13.1 Å². The minimum Gasteiger partial charge on any atom is -0.391 e. The standard InChI is InChI=1S/C11H17NO2/c13-8-6-12(7-9-14)10-11-4-2-1-3-5-11/h1-5,13-14H,6-10H2/p+1. The smallest absolute Gasteiger partial charge is 0.103 e. The van der Waals surface area contributed by atoms with Gasteiger partial charge in [-0.25, -0.2) is 0 Å². The molecule has 0 radical (unpaired) electrons. The maximum absolute atomic E-state index is 8.84. The zero-order valence-electron chi connectivity index (χ0n) is 8.32. The second-order valence-electron chi connectivity index (χ2n) is 3.36. The van der Waals surface area contributed by atoms with E-state index in [2.05, 4.69) is 12.1 Å². The van der Waals surface area contributed by atoms with Gasteiger partial charge in [0.25, 0.3) is 0 Å². The molecular formula is C11H18NO2+. The molecule has 0 aliphatic carbocycles. The van der Waals surface area contributed by atoms with E-state index in [4.69, 9.17) is 10.2 Å². The third-order valence-corrected chi connectivity index (χ3v) is 2.23. The van der Waals surface area contributed by atoms with Crippen molar-refractivity contribution in [1.82, 2.24) is 0 Å². The average Bonchev–Trinajstić information content (AvgIpc) is 2.20. The van der Waals surface area contributed by atoms with Gasteiger partial charge in [-0.2, -0.15) is 0 Å². The van der Waals surface area contributed by atoms with E-state index in [1.165, 1.54) is 10.5 Å². The Morgan fingerprint density at radius 2 is 1.50 bits per heavy atom.